The van der Waals surface area contributed by atoms with Crippen molar-refractivity contribution in [3.63, 3.8) is 0 Å². The van der Waals surface area contributed by atoms with Gasteiger partial charge in [0.15, 0.2) is 5.82 Å². The Kier molecular flexibility index (Phi) is 5.06. The van der Waals surface area contributed by atoms with E-state index in [1.54, 1.807) is 7.11 Å². The molecular weight excluding hydrogens is 375 g/mol. The molecule has 0 spiro atoms. The molecule has 0 atom stereocenters. The Balaban J connectivity index is 2.49. The molecule has 1 heterocycles. The first kappa shape index (κ1) is 15.4. The lowest BCUT2D eigenvalue weighted by Gasteiger charge is -2.35. The van der Waals surface area contributed by atoms with Crippen LogP contribution in [0, 0.1) is 3.57 Å². The number of aromatic nitrogens is 2. The monoisotopic (exact) mass is 394 g/mol. The van der Waals surface area contributed by atoms with Crippen LogP contribution < -0.4 is 0 Å². The number of hydrogen-bond donors (Lipinski definition) is 0. The van der Waals surface area contributed by atoms with Crippen LogP contribution in [-0.2, 0) is 10.3 Å². The van der Waals surface area contributed by atoms with E-state index in [0.29, 0.717) is 11.1 Å². The summed E-state index contributed by atoms with van der Waals surface area (Å²) in [6.07, 6.45) is 5.56. The average molecular weight is 395 g/mol. The predicted octanol–water partition coefficient (Wildman–Crippen LogP) is 4.66. The quantitative estimate of drug-likeness (QED) is 0.552. The van der Waals surface area contributed by atoms with Gasteiger partial charge in [-0.05, 0) is 41.4 Å². The summed E-state index contributed by atoms with van der Waals surface area (Å²) in [7, 11) is 1.76. The Morgan fingerprint density at radius 3 is 2.37 bits per heavy atom. The second-order valence-corrected chi connectivity index (χ2v) is 6.89. The smallest absolute Gasteiger partial charge is 0.162 e. The number of nitrogens with zero attached hydrogens (tertiary/aromatic N) is 2. The zero-order valence-corrected chi connectivity index (χ0v) is 14.6. The van der Waals surface area contributed by atoms with Crippen LogP contribution in [0.1, 0.15) is 63.4 Å². The molecule has 0 amide bonds. The van der Waals surface area contributed by atoms with Crippen LogP contribution >= 0.6 is 34.2 Å². The molecule has 1 aliphatic rings. The molecule has 19 heavy (non-hydrogen) atoms. The van der Waals surface area contributed by atoms with E-state index >= 15 is 0 Å². The van der Waals surface area contributed by atoms with E-state index in [0.717, 1.165) is 40.8 Å². The van der Waals surface area contributed by atoms with Gasteiger partial charge in [-0.3, -0.25) is 0 Å². The van der Waals surface area contributed by atoms with Crippen LogP contribution in [0.25, 0.3) is 0 Å². The van der Waals surface area contributed by atoms with Gasteiger partial charge in [-0.1, -0.05) is 44.7 Å². The molecule has 3 nitrogen and oxygen atoms in total. The molecule has 0 radical (unpaired) electrons. The van der Waals surface area contributed by atoms with Gasteiger partial charge in [0.1, 0.15) is 10.8 Å². The SMILES string of the molecule is COC1(c2nc(Cl)c(I)c(C(C)C)n2)CCCCC1. The molecule has 2 rings (SSSR count). The van der Waals surface area contributed by atoms with E-state index in [1.165, 1.54) is 6.42 Å². The molecule has 1 aliphatic carbocycles. The van der Waals surface area contributed by atoms with Crippen molar-refractivity contribution in [1.82, 2.24) is 9.97 Å². The summed E-state index contributed by atoms with van der Waals surface area (Å²) in [4.78, 5) is 9.28. The van der Waals surface area contributed by atoms with Crippen LogP contribution in [0.5, 0.6) is 0 Å². The third-order valence-electron chi connectivity index (χ3n) is 3.84. The number of halogens is 2. The third kappa shape index (κ3) is 3.05. The third-order valence-corrected chi connectivity index (χ3v) is 5.50. The van der Waals surface area contributed by atoms with Gasteiger partial charge in [-0.25, -0.2) is 9.97 Å². The number of hydrogen-bond acceptors (Lipinski definition) is 3. The molecule has 1 fully saturated rings. The molecule has 5 heteroatoms. The second kappa shape index (κ2) is 6.22. The van der Waals surface area contributed by atoms with Crippen molar-refractivity contribution >= 4 is 34.2 Å². The zero-order chi connectivity index (χ0) is 14.0. The van der Waals surface area contributed by atoms with Crippen molar-refractivity contribution in [2.24, 2.45) is 0 Å². The van der Waals surface area contributed by atoms with Crippen molar-refractivity contribution in [3.8, 4) is 0 Å². The first-order valence-electron chi connectivity index (χ1n) is 6.79. The highest BCUT2D eigenvalue weighted by atomic mass is 127. The molecule has 0 saturated heterocycles. The van der Waals surface area contributed by atoms with E-state index in [-0.39, 0.29) is 5.60 Å². The lowest BCUT2D eigenvalue weighted by molar-refractivity contribution is -0.0517. The standard InChI is InChI=1S/C14H20ClIN2O/c1-9(2)11-10(16)12(15)18-13(17-11)14(19-3)7-5-4-6-8-14/h9H,4-8H2,1-3H3. The summed E-state index contributed by atoms with van der Waals surface area (Å²) < 4.78 is 6.77. The maximum absolute atomic E-state index is 6.29. The molecule has 0 N–H and O–H groups in total. The molecule has 1 aromatic heterocycles. The Morgan fingerprint density at radius 2 is 1.84 bits per heavy atom. The predicted molar refractivity (Wildman–Crippen MR) is 85.6 cm³/mol. The molecule has 106 valence electrons. The van der Waals surface area contributed by atoms with Crippen molar-refractivity contribution in [3.05, 3.63) is 20.2 Å². The van der Waals surface area contributed by atoms with Crippen molar-refractivity contribution in [2.75, 3.05) is 7.11 Å². The van der Waals surface area contributed by atoms with Crippen molar-refractivity contribution < 1.29 is 4.74 Å². The highest BCUT2D eigenvalue weighted by molar-refractivity contribution is 14.1. The lowest BCUT2D eigenvalue weighted by atomic mass is 9.84. The second-order valence-electron chi connectivity index (χ2n) is 5.45. The molecule has 0 bridgehead atoms. The average Bonchev–Trinajstić information content (AvgIpc) is 2.42. The number of ether oxygens (including phenoxy) is 1. The van der Waals surface area contributed by atoms with E-state index in [1.807, 2.05) is 0 Å². The van der Waals surface area contributed by atoms with Gasteiger partial charge < -0.3 is 4.74 Å². The Hall–Kier alpha value is 0.0600. The maximum atomic E-state index is 6.29. The summed E-state index contributed by atoms with van der Waals surface area (Å²) in [5, 5.41) is 0.552. The van der Waals surface area contributed by atoms with Crippen LogP contribution in [0.3, 0.4) is 0 Å². The zero-order valence-electron chi connectivity index (χ0n) is 11.7. The van der Waals surface area contributed by atoms with Gasteiger partial charge in [0.2, 0.25) is 0 Å². The largest absolute Gasteiger partial charge is 0.370 e. The fraction of sp³-hybridized carbons (Fsp3) is 0.714. The highest BCUT2D eigenvalue weighted by Crippen LogP contribution is 2.39. The van der Waals surface area contributed by atoms with Crippen LogP contribution in [0.4, 0.5) is 0 Å². The fourth-order valence-corrected chi connectivity index (χ4v) is 3.71. The normalized spacial score (nSPS) is 18.8. The topological polar surface area (TPSA) is 35.0 Å². The Bertz CT molecular complexity index is 459. The molecule has 0 aliphatic heterocycles. The molecule has 0 unspecified atom stereocenters. The lowest BCUT2D eigenvalue weighted by Crippen LogP contribution is -2.34. The van der Waals surface area contributed by atoms with Gasteiger partial charge in [0.05, 0.1) is 9.26 Å². The van der Waals surface area contributed by atoms with Gasteiger partial charge in [-0.15, -0.1) is 0 Å². The molecule has 0 aromatic carbocycles. The van der Waals surface area contributed by atoms with Gasteiger partial charge in [-0.2, -0.15) is 0 Å². The van der Waals surface area contributed by atoms with Crippen molar-refractivity contribution in [1.29, 1.82) is 0 Å². The minimum atomic E-state index is -0.337. The first-order valence-corrected chi connectivity index (χ1v) is 8.24. The van der Waals surface area contributed by atoms with Crippen LogP contribution in [-0.4, -0.2) is 17.1 Å². The number of methoxy groups -OCH3 is 1. The minimum absolute atomic E-state index is 0.337. The summed E-state index contributed by atoms with van der Waals surface area (Å²) in [5.41, 5.74) is 0.688. The van der Waals surface area contributed by atoms with Gasteiger partial charge in [0, 0.05) is 7.11 Å². The van der Waals surface area contributed by atoms with E-state index in [4.69, 9.17) is 21.3 Å². The fourth-order valence-electron chi connectivity index (χ4n) is 2.66. The van der Waals surface area contributed by atoms with E-state index < -0.39 is 0 Å². The minimum Gasteiger partial charge on any atom is -0.370 e. The summed E-state index contributed by atoms with van der Waals surface area (Å²) in [6.45, 7) is 4.26. The molecule has 1 saturated carbocycles. The summed E-state index contributed by atoms with van der Waals surface area (Å²) in [5.74, 6) is 1.10. The maximum Gasteiger partial charge on any atom is 0.162 e. The van der Waals surface area contributed by atoms with Gasteiger partial charge in [0.25, 0.3) is 0 Å². The molecular formula is C14H20ClIN2O. The highest BCUT2D eigenvalue weighted by Gasteiger charge is 2.37. The number of rotatable bonds is 3. The summed E-state index contributed by atoms with van der Waals surface area (Å²) in [6, 6.07) is 0. The van der Waals surface area contributed by atoms with E-state index in [2.05, 4.69) is 41.4 Å². The van der Waals surface area contributed by atoms with Gasteiger partial charge >= 0.3 is 0 Å². The van der Waals surface area contributed by atoms with Crippen molar-refractivity contribution in [2.45, 2.75) is 57.5 Å². The Morgan fingerprint density at radius 1 is 1.21 bits per heavy atom. The molecule has 1 aromatic rings. The van der Waals surface area contributed by atoms with E-state index in [9.17, 15) is 0 Å². The Labute approximate surface area is 133 Å². The van der Waals surface area contributed by atoms with Crippen LogP contribution in [0.2, 0.25) is 5.15 Å². The van der Waals surface area contributed by atoms with Crippen LogP contribution in [0.15, 0.2) is 0 Å². The summed E-state index contributed by atoms with van der Waals surface area (Å²) >= 11 is 8.51. The first-order chi connectivity index (χ1) is 9.00.